The Morgan fingerprint density at radius 3 is 2.85 bits per heavy atom. The van der Waals surface area contributed by atoms with Gasteiger partial charge in [-0.15, -0.1) is 0 Å². The Morgan fingerprint density at radius 1 is 1.40 bits per heavy atom. The van der Waals surface area contributed by atoms with E-state index in [4.69, 9.17) is 11.6 Å². The molecule has 1 N–H and O–H groups in total. The highest BCUT2D eigenvalue weighted by atomic mass is 35.5. The third kappa shape index (κ3) is 3.77. The Kier molecular flexibility index (Phi) is 4.68. The van der Waals surface area contributed by atoms with E-state index in [2.05, 4.69) is 20.4 Å². The van der Waals surface area contributed by atoms with E-state index in [0.29, 0.717) is 6.54 Å². The molecule has 0 bridgehead atoms. The Hall–Kier alpha value is -1.95. The van der Waals surface area contributed by atoms with E-state index in [1.807, 2.05) is 24.6 Å². The number of hydrogen-bond donors (Lipinski definition) is 1. The van der Waals surface area contributed by atoms with Gasteiger partial charge < -0.3 is 5.32 Å². The molecule has 0 fully saturated rings. The molecular weight excluding hydrogens is 278 g/mol. The molecule has 0 spiro atoms. The average molecular weight is 294 g/mol. The second-order valence-electron chi connectivity index (χ2n) is 4.49. The summed E-state index contributed by atoms with van der Waals surface area (Å²) in [7, 11) is 0. The van der Waals surface area contributed by atoms with Crippen LogP contribution in [-0.2, 0) is 6.54 Å². The van der Waals surface area contributed by atoms with Crippen LogP contribution in [0.25, 0.3) is 0 Å². The van der Waals surface area contributed by atoms with Gasteiger partial charge in [-0.3, -0.25) is 14.5 Å². The molecule has 6 nitrogen and oxygen atoms in total. The standard InChI is InChI=1S/C13H16ClN5O/c1-9-6-10(2)19(18-9)5-3-4-16-13(20)11-7-15-8-12(14)17-11/h6-8H,3-5H2,1-2H3,(H,16,20). The third-order valence-electron chi connectivity index (χ3n) is 2.77. The molecule has 0 saturated heterocycles. The number of nitrogens with zero attached hydrogens (tertiary/aromatic N) is 4. The summed E-state index contributed by atoms with van der Waals surface area (Å²) in [6.07, 6.45) is 3.57. The minimum Gasteiger partial charge on any atom is -0.351 e. The van der Waals surface area contributed by atoms with Gasteiger partial charge in [-0.05, 0) is 26.3 Å². The van der Waals surface area contributed by atoms with Gasteiger partial charge in [-0.25, -0.2) is 4.98 Å². The normalized spacial score (nSPS) is 10.6. The SMILES string of the molecule is Cc1cc(C)n(CCCNC(=O)c2cncc(Cl)n2)n1. The lowest BCUT2D eigenvalue weighted by atomic mass is 10.3. The first-order valence-corrected chi connectivity index (χ1v) is 6.71. The van der Waals surface area contributed by atoms with Crippen molar-refractivity contribution in [1.82, 2.24) is 25.1 Å². The predicted octanol–water partition coefficient (Wildman–Crippen LogP) is 1.76. The van der Waals surface area contributed by atoms with Crippen molar-refractivity contribution in [3.63, 3.8) is 0 Å². The molecule has 0 radical (unpaired) electrons. The predicted molar refractivity (Wildman–Crippen MR) is 75.7 cm³/mol. The molecule has 106 valence electrons. The van der Waals surface area contributed by atoms with Crippen LogP contribution in [0.4, 0.5) is 0 Å². The van der Waals surface area contributed by atoms with Crippen molar-refractivity contribution >= 4 is 17.5 Å². The largest absolute Gasteiger partial charge is 0.351 e. The molecule has 1 amide bonds. The van der Waals surface area contributed by atoms with E-state index >= 15 is 0 Å². The highest BCUT2D eigenvalue weighted by molar-refractivity contribution is 6.29. The highest BCUT2D eigenvalue weighted by Gasteiger charge is 2.07. The number of halogens is 1. The van der Waals surface area contributed by atoms with Gasteiger partial charge in [-0.1, -0.05) is 11.6 Å². The zero-order chi connectivity index (χ0) is 14.5. The lowest BCUT2D eigenvalue weighted by molar-refractivity contribution is 0.0947. The fourth-order valence-electron chi connectivity index (χ4n) is 1.87. The topological polar surface area (TPSA) is 72.7 Å². The summed E-state index contributed by atoms with van der Waals surface area (Å²) in [6.45, 7) is 5.29. The van der Waals surface area contributed by atoms with Crippen molar-refractivity contribution in [1.29, 1.82) is 0 Å². The van der Waals surface area contributed by atoms with E-state index in [-0.39, 0.29) is 16.8 Å². The van der Waals surface area contributed by atoms with Crippen LogP contribution in [-0.4, -0.2) is 32.2 Å². The van der Waals surface area contributed by atoms with Gasteiger partial charge in [0.05, 0.1) is 18.1 Å². The number of amides is 1. The number of aromatic nitrogens is 4. The maximum atomic E-state index is 11.8. The Balaban J connectivity index is 1.79. The fourth-order valence-corrected chi connectivity index (χ4v) is 2.02. The summed E-state index contributed by atoms with van der Waals surface area (Å²) in [6, 6.07) is 2.03. The van der Waals surface area contributed by atoms with Gasteiger partial charge >= 0.3 is 0 Å². The summed E-state index contributed by atoms with van der Waals surface area (Å²) in [5.41, 5.74) is 2.35. The van der Waals surface area contributed by atoms with Gasteiger partial charge in [0, 0.05) is 18.8 Å². The Labute approximate surface area is 122 Å². The van der Waals surface area contributed by atoms with Gasteiger partial charge in [0.25, 0.3) is 5.91 Å². The van der Waals surface area contributed by atoms with Crippen LogP contribution in [0.3, 0.4) is 0 Å². The van der Waals surface area contributed by atoms with Crippen LogP contribution in [0.1, 0.15) is 28.3 Å². The van der Waals surface area contributed by atoms with Gasteiger partial charge in [-0.2, -0.15) is 5.10 Å². The van der Waals surface area contributed by atoms with Crippen molar-refractivity contribution in [3.8, 4) is 0 Å². The molecule has 0 aliphatic rings. The van der Waals surface area contributed by atoms with E-state index in [0.717, 1.165) is 24.4 Å². The van der Waals surface area contributed by atoms with E-state index in [1.165, 1.54) is 12.4 Å². The van der Waals surface area contributed by atoms with Crippen LogP contribution in [0.2, 0.25) is 5.15 Å². The van der Waals surface area contributed by atoms with Gasteiger partial charge in [0.15, 0.2) is 0 Å². The molecule has 20 heavy (non-hydrogen) atoms. The smallest absolute Gasteiger partial charge is 0.271 e. The van der Waals surface area contributed by atoms with Crippen molar-refractivity contribution in [2.75, 3.05) is 6.54 Å². The van der Waals surface area contributed by atoms with Gasteiger partial charge in [0.1, 0.15) is 10.8 Å². The molecule has 0 aliphatic carbocycles. The number of nitrogens with one attached hydrogen (secondary N) is 1. The summed E-state index contributed by atoms with van der Waals surface area (Å²) < 4.78 is 1.93. The molecule has 7 heteroatoms. The molecule has 0 unspecified atom stereocenters. The first-order chi connectivity index (χ1) is 9.56. The maximum absolute atomic E-state index is 11.8. The number of carbonyl (C=O) groups excluding carboxylic acids is 1. The molecule has 2 rings (SSSR count). The van der Waals surface area contributed by atoms with Crippen LogP contribution in [0, 0.1) is 13.8 Å². The second-order valence-corrected chi connectivity index (χ2v) is 4.87. The average Bonchev–Trinajstić information content (AvgIpc) is 2.73. The van der Waals surface area contributed by atoms with Crippen molar-refractivity contribution in [2.45, 2.75) is 26.8 Å². The Morgan fingerprint density at radius 2 is 2.20 bits per heavy atom. The number of aryl methyl sites for hydroxylation is 3. The monoisotopic (exact) mass is 293 g/mol. The number of carbonyl (C=O) groups is 1. The number of hydrogen-bond acceptors (Lipinski definition) is 4. The molecule has 2 aromatic heterocycles. The zero-order valence-electron chi connectivity index (χ0n) is 11.4. The first kappa shape index (κ1) is 14.5. The third-order valence-corrected chi connectivity index (χ3v) is 2.96. The van der Waals surface area contributed by atoms with E-state index in [9.17, 15) is 4.79 Å². The highest BCUT2D eigenvalue weighted by Crippen LogP contribution is 2.03. The van der Waals surface area contributed by atoms with Gasteiger partial charge in [0.2, 0.25) is 0 Å². The van der Waals surface area contributed by atoms with E-state index in [1.54, 1.807) is 0 Å². The quantitative estimate of drug-likeness (QED) is 0.853. The molecule has 2 heterocycles. The summed E-state index contributed by atoms with van der Waals surface area (Å²) in [4.78, 5) is 19.5. The minimum atomic E-state index is -0.270. The second kappa shape index (κ2) is 6.47. The van der Waals surface area contributed by atoms with Crippen molar-refractivity contribution in [2.24, 2.45) is 0 Å². The van der Waals surface area contributed by atoms with Crippen LogP contribution >= 0.6 is 11.6 Å². The minimum absolute atomic E-state index is 0.209. The Bertz CT molecular complexity index is 611. The molecule has 0 atom stereocenters. The molecule has 0 aromatic carbocycles. The fraction of sp³-hybridized carbons (Fsp3) is 0.385. The first-order valence-electron chi connectivity index (χ1n) is 6.33. The van der Waals surface area contributed by atoms with Crippen molar-refractivity contribution < 1.29 is 4.79 Å². The summed E-state index contributed by atoms with van der Waals surface area (Å²) in [5.74, 6) is -0.270. The lowest BCUT2D eigenvalue weighted by Crippen LogP contribution is -2.26. The lowest BCUT2D eigenvalue weighted by Gasteiger charge is -2.06. The summed E-state index contributed by atoms with van der Waals surface area (Å²) >= 11 is 5.68. The number of rotatable bonds is 5. The molecule has 0 saturated carbocycles. The summed E-state index contributed by atoms with van der Waals surface area (Å²) in [5, 5.41) is 7.35. The zero-order valence-corrected chi connectivity index (χ0v) is 12.2. The van der Waals surface area contributed by atoms with Crippen LogP contribution < -0.4 is 5.32 Å². The maximum Gasteiger partial charge on any atom is 0.271 e. The molecule has 0 aliphatic heterocycles. The molecule has 2 aromatic rings. The van der Waals surface area contributed by atoms with Crippen molar-refractivity contribution in [3.05, 3.63) is 40.7 Å². The van der Waals surface area contributed by atoms with E-state index < -0.39 is 0 Å². The van der Waals surface area contributed by atoms with Crippen LogP contribution in [0.5, 0.6) is 0 Å². The van der Waals surface area contributed by atoms with Crippen LogP contribution in [0.15, 0.2) is 18.5 Å². The molecular formula is C13H16ClN5O.